The fourth-order valence-corrected chi connectivity index (χ4v) is 3.22. The lowest BCUT2D eigenvalue weighted by molar-refractivity contribution is 0.587. The summed E-state index contributed by atoms with van der Waals surface area (Å²) in [6.45, 7) is 1.88. The van der Waals surface area contributed by atoms with Gasteiger partial charge in [-0.15, -0.1) is 0 Å². The SMILES string of the molecule is CNS(=O)(=O)c1ccccc1N(C)C1CCNC1. The molecule has 1 aromatic carbocycles. The number of benzene rings is 1. The lowest BCUT2D eigenvalue weighted by atomic mass is 10.2. The monoisotopic (exact) mass is 269 g/mol. The molecule has 1 heterocycles. The highest BCUT2D eigenvalue weighted by molar-refractivity contribution is 7.89. The highest BCUT2D eigenvalue weighted by Crippen LogP contribution is 2.26. The topological polar surface area (TPSA) is 61.4 Å². The standard InChI is InChI=1S/C12H19N3O2S/c1-13-18(16,17)12-6-4-3-5-11(12)15(2)10-7-8-14-9-10/h3-6,10,13-14H,7-9H2,1-2H3. The van der Waals surface area contributed by atoms with Crippen LogP contribution in [0, 0.1) is 0 Å². The average molecular weight is 269 g/mol. The number of sulfonamides is 1. The first kappa shape index (κ1) is 13.3. The van der Waals surface area contributed by atoms with Crippen LogP contribution in [0.1, 0.15) is 6.42 Å². The molecular formula is C12H19N3O2S. The van der Waals surface area contributed by atoms with Crippen LogP contribution in [0.25, 0.3) is 0 Å². The molecule has 1 fully saturated rings. The van der Waals surface area contributed by atoms with Gasteiger partial charge < -0.3 is 10.2 Å². The first-order valence-electron chi connectivity index (χ1n) is 6.02. The van der Waals surface area contributed by atoms with Gasteiger partial charge in [-0.05, 0) is 32.1 Å². The summed E-state index contributed by atoms with van der Waals surface area (Å²) in [6, 6.07) is 7.44. The molecule has 1 unspecified atom stereocenters. The zero-order valence-electron chi connectivity index (χ0n) is 10.7. The van der Waals surface area contributed by atoms with Crippen molar-refractivity contribution in [3.63, 3.8) is 0 Å². The molecule has 1 aliphatic rings. The van der Waals surface area contributed by atoms with Gasteiger partial charge in [-0.2, -0.15) is 0 Å². The van der Waals surface area contributed by atoms with Crippen LogP contribution in [0.2, 0.25) is 0 Å². The Hall–Kier alpha value is -1.11. The zero-order valence-corrected chi connectivity index (χ0v) is 11.5. The number of likely N-dealkylation sites (N-methyl/N-ethyl adjacent to an activating group) is 1. The molecule has 100 valence electrons. The Morgan fingerprint density at radius 3 is 2.72 bits per heavy atom. The summed E-state index contributed by atoms with van der Waals surface area (Å²) in [5, 5.41) is 3.29. The Bertz CT molecular complexity index is 510. The Balaban J connectivity index is 2.38. The third kappa shape index (κ3) is 2.50. The van der Waals surface area contributed by atoms with E-state index < -0.39 is 10.0 Å². The molecule has 1 saturated heterocycles. The molecule has 6 heteroatoms. The van der Waals surface area contributed by atoms with Crippen LogP contribution in [-0.2, 0) is 10.0 Å². The Labute approximate surface area is 108 Å². The van der Waals surface area contributed by atoms with Crippen molar-refractivity contribution in [1.29, 1.82) is 0 Å². The molecule has 0 amide bonds. The number of nitrogens with zero attached hydrogens (tertiary/aromatic N) is 1. The summed E-state index contributed by atoms with van der Waals surface area (Å²) < 4.78 is 26.3. The summed E-state index contributed by atoms with van der Waals surface area (Å²) in [4.78, 5) is 2.38. The maximum Gasteiger partial charge on any atom is 0.242 e. The number of anilines is 1. The summed E-state index contributed by atoms with van der Waals surface area (Å²) >= 11 is 0. The van der Waals surface area contributed by atoms with Crippen LogP contribution in [0.5, 0.6) is 0 Å². The molecule has 0 bridgehead atoms. The molecule has 0 aliphatic carbocycles. The van der Waals surface area contributed by atoms with Crippen LogP contribution < -0.4 is 14.9 Å². The molecule has 1 atom stereocenters. The van der Waals surface area contributed by atoms with Crippen LogP contribution >= 0.6 is 0 Å². The minimum atomic E-state index is -3.42. The number of hydrogen-bond acceptors (Lipinski definition) is 4. The minimum Gasteiger partial charge on any atom is -0.369 e. The van der Waals surface area contributed by atoms with E-state index in [0.29, 0.717) is 10.9 Å². The summed E-state index contributed by atoms with van der Waals surface area (Å²) in [7, 11) is -0.0356. The van der Waals surface area contributed by atoms with E-state index in [1.807, 2.05) is 24.1 Å². The molecule has 1 aromatic rings. The maximum atomic E-state index is 12.0. The van der Waals surface area contributed by atoms with Gasteiger partial charge >= 0.3 is 0 Å². The van der Waals surface area contributed by atoms with Gasteiger partial charge in [0.1, 0.15) is 4.90 Å². The van der Waals surface area contributed by atoms with Crippen LogP contribution in [0.15, 0.2) is 29.2 Å². The van der Waals surface area contributed by atoms with Gasteiger partial charge in [-0.3, -0.25) is 0 Å². The first-order valence-corrected chi connectivity index (χ1v) is 7.50. The van der Waals surface area contributed by atoms with Crippen molar-refractivity contribution in [2.24, 2.45) is 0 Å². The van der Waals surface area contributed by atoms with Crippen molar-refractivity contribution in [1.82, 2.24) is 10.0 Å². The lowest BCUT2D eigenvalue weighted by Gasteiger charge is -2.27. The zero-order chi connectivity index (χ0) is 13.2. The highest BCUT2D eigenvalue weighted by Gasteiger charge is 2.24. The van der Waals surface area contributed by atoms with E-state index in [9.17, 15) is 8.42 Å². The normalized spacial score (nSPS) is 20.0. The van der Waals surface area contributed by atoms with Crippen LogP contribution in [0.3, 0.4) is 0 Å². The van der Waals surface area contributed by atoms with Gasteiger partial charge in [0.15, 0.2) is 0 Å². The molecule has 1 aliphatic heterocycles. The molecule has 0 saturated carbocycles. The Morgan fingerprint density at radius 2 is 2.11 bits per heavy atom. The van der Waals surface area contributed by atoms with E-state index in [-0.39, 0.29) is 0 Å². The van der Waals surface area contributed by atoms with Crippen LogP contribution in [-0.4, -0.2) is 41.6 Å². The Kier molecular flexibility index (Phi) is 3.89. The van der Waals surface area contributed by atoms with Gasteiger partial charge in [-0.1, -0.05) is 12.1 Å². The quantitative estimate of drug-likeness (QED) is 0.830. The van der Waals surface area contributed by atoms with E-state index in [1.165, 1.54) is 7.05 Å². The van der Waals surface area contributed by atoms with Crippen LogP contribution in [0.4, 0.5) is 5.69 Å². The molecule has 2 N–H and O–H groups in total. The molecule has 5 nitrogen and oxygen atoms in total. The fraction of sp³-hybridized carbons (Fsp3) is 0.500. The van der Waals surface area contributed by atoms with Crippen molar-refractivity contribution in [2.45, 2.75) is 17.4 Å². The average Bonchev–Trinajstić information content (AvgIpc) is 2.92. The molecular weight excluding hydrogens is 250 g/mol. The lowest BCUT2D eigenvalue weighted by Crippen LogP contribution is -2.35. The minimum absolute atomic E-state index is 0.335. The smallest absolute Gasteiger partial charge is 0.242 e. The van der Waals surface area contributed by atoms with Crippen molar-refractivity contribution in [3.05, 3.63) is 24.3 Å². The van der Waals surface area contributed by atoms with Gasteiger partial charge in [0.05, 0.1) is 5.69 Å². The van der Waals surface area contributed by atoms with Crippen molar-refractivity contribution in [3.8, 4) is 0 Å². The Morgan fingerprint density at radius 1 is 1.39 bits per heavy atom. The second kappa shape index (κ2) is 5.26. The molecule has 2 rings (SSSR count). The van der Waals surface area contributed by atoms with E-state index in [4.69, 9.17) is 0 Å². The molecule has 0 radical (unpaired) electrons. The first-order chi connectivity index (χ1) is 8.56. The highest BCUT2D eigenvalue weighted by atomic mass is 32.2. The molecule has 0 aromatic heterocycles. The largest absolute Gasteiger partial charge is 0.369 e. The molecule has 18 heavy (non-hydrogen) atoms. The number of para-hydroxylation sites is 1. The fourth-order valence-electron chi connectivity index (χ4n) is 2.25. The predicted octanol–water partition coefficient (Wildman–Crippen LogP) is 0.393. The maximum absolute atomic E-state index is 12.0. The van der Waals surface area contributed by atoms with E-state index in [0.717, 1.165) is 25.2 Å². The summed E-state index contributed by atoms with van der Waals surface area (Å²) in [6.07, 6.45) is 1.03. The predicted molar refractivity (Wildman–Crippen MR) is 72.4 cm³/mol. The van der Waals surface area contributed by atoms with Crippen molar-refractivity contribution >= 4 is 15.7 Å². The number of hydrogen-bond donors (Lipinski definition) is 2. The second-order valence-corrected chi connectivity index (χ2v) is 6.29. The van der Waals surface area contributed by atoms with Gasteiger partial charge in [0, 0.05) is 19.6 Å². The van der Waals surface area contributed by atoms with Gasteiger partial charge in [-0.25, -0.2) is 13.1 Å². The van der Waals surface area contributed by atoms with E-state index in [1.54, 1.807) is 12.1 Å². The molecule has 0 spiro atoms. The van der Waals surface area contributed by atoms with E-state index in [2.05, 4.69) is 10.0 Å². The number of rotatable bonds is 4. The summed E-state index contributed by atoms with van der Waals surface area (Å²) in [5.41, 5.74) is 0.751. The van der Waals surface area contributed by atoms with E-state index >= 15 is 0 Å². The third-order valence-corrected chi connectivity index (χ3v) is 4.85. The number of nitrogens with one attached hydrogen (secondary N) is 2. The second-order valence-electron chi connectivity index (χ2n) is 4.43. The van der Waals surface area contributed by atoms with Crippen molar-refractivity contribution < 1.29 is 8.42 Å². The van der Waals surface area contributed by atoms with Gasteiger partial charge in [0.2, 0.25) is 10.0 Å². The van der Waals surface area contributed by atoms with Gasteiger partial charge in [0.25, 0.3) is 0 Å². The summed E-state index contributed by atoms with van der Waals surface area (Å²) in [5.74, 6) is 0. The van der Waals surface area contributed by atoms with Crippen molar-refractivity contribution in [2.75, 3.05) is 32.1 Å². The third-order valence-electron chi connectivity index (χ3n) is 3.39.